The summed E-state index contributed by atoms with van der Waals surface area (Å²) in [6.07, 6.45) is 3.56. The Labute approximate surface area is 71.7 Å². The second-order valence-electron chi connectivity index (χ2n) is 3.09. The van der Waals surface area contributed by atoms with Crippen molar-refractivity contribution in [2.24, 2.45) is 5.73 Å². The van der Waals surface area contributed by atoms with Crippen LogP contribution in [-0.2, 0) is 9.59 Å². The van der Waals surface area contributed by atoms with E-state index in [4.69, 9.17) is 5.73 Å². The molecule has 0 spiro atoms. The van der Waals surface area contributed by atoms with E-state index in [-0.39, 0.29) is 12.5 Å². The number of nitrogens with zero attached hydrogens (tertiary/aromatic N) is 1. The fourth-order valence-electron chi connectivity index (χ4n) is 1.39. The molecule has 1 heterocycles. The first kappa shape index (κ1) is 9.03. The number of hydrogen-bond acceptors (Lipinski definition) is 2. The van der Waals surface area contributed by atoms with Crippen LogP contribution in [0.25, 0.3) is 0 Å². The first-order valence-electron chi connectivity index (χ1n) is 4.26. The average Bonchev–Trinajstić information content (AvgIpc) is 2.16. The largest absolute Gasteiger partial charge is 0.368 e. The lowest BCUT2D eigenvalue weighted by Gasteiger charge is -2.17. The number of likely N-dealkylation sites (tertiary alicyclic amines) is 1. The van der Waals surface area contributed by atoms with E-state index in [2.05, 4.69) is 0 Å². The third-order valence-corrected chi connectivity index (χ3v) is 2.02. The minimum Gasteiger partial charge on any atom is -0.368 e. The molecule has 0 bridgehead atoms. The molecule has 0 aromatic rings. The van der Waals surface area contributed by atoms with Crippen molar-refractivity contribution in [2.45, 2.75) is 25.7 Å². The summed E-state index contributed by atoms with van der Waals surface area (Å²) in [4.78, 5) is 23.4. The van der Waals surface area contributed by atoms with E-state index in [0.29, 0.717) is 13.0 Å². The van der Waals surface area contributed by atoms with E-state index < -0.39 is 5.91 Å². The van der Waals surface area contributed by atoms with E-state index in [0.717, 1.165) is 19.3 Å². The molecular formula is C8H14N2O2. The molecule has 0 aromatic heterocycles. The van der Waals surface area contributed by atoms with Crippen molar-refractivity contribution >= 4 is 11.8 Å². The Kier molecular flexibility index (Phi) is 3.08. The second-order valence-corrected chi connectivity index (χ2v) is 3.09. The molecule has 0 atom stereocenters. The highest BCUT2D eigenvalue weighted by atomic mass is 16.2. The summed E-state index contributed by atoms with van der Waals surface area (Å²) >= 11 is 0. The number of amides is 2. The van der Waals surface area contributed by atoms with Gasteiger partial charge in [-0.2, -0.15) is 0 Å². The van der Waals surface area contributed by atoms with Crippen LogP contribution >= 0.6 is 0 Å². The second kappa shape index (κ2) is 4.09. The van der Waals surface area contributed by atoms with Gasteiger partial charge in [-0.15, -0.1) is 0 Å². The van der Waals surface area contributed by atoms with Crippen molar-refractivity contribution < 1.29 is 9.59 Å². The van der Waals surface area contributed by atoms with Crippen LogP contribution in [0.1, 0.15) is 25.7 Å². The van der Waals surface area contributed by atoms with Gasteiger partial charge in [0.05, 0.1) is 6.54 Å². The zero-order valence-corrected chi connectivity index (χ0v) is 7.08. The molecule has 4 nitrogen and oxygen atoms in total. The minimum atomic E-state index is -0.426. The molecule has 0 saturated carbocycles. The van der Waals surface area contributed by atoms with Crippen molar-refractivity contribution in [1.29, 1.82) is 0 Å². The molecule has 1 aliphatic heterocycles. The van der Waals surface area contributed by atoms with Crippen molar-refractivity contribution in [3.63, 3.8) is 0 Å². The Morgan fingerprint density at radius 1 is 1.42 bits per heavy atom. The number of carbonyl (C=O) groups excluding carboxylic acids is 2. The first-order chi connectivity index (χ1) is 5.70. The van der Waals surface area contributed by atoms with Gasteiger partial charge in [0.1, 0.15) is 0 Å². The van der Waals surface area contributed by atoms with Crippen LogP contribution in [-0.4, -0.2) is 29.8 Å². The van der Waals surface area contributed by atoms with Crippen LogP contribution < -0.4 is 5.73 Å². The molecule has 12 heavy (non-hydrogen) atoms. The zero-order valence-electron chi connectivity index (χ0n) is 7.08. The van der Waals surface area contributed by atoms with Crippen molar-refractivity contribution in [3.8, 4) is 0 Å². The SMILES string of the molecule is NC(=O)CN1CCCCCC1=O. The third kappa shape index (κ3) is 2.53. The lowest BCUT2D eigenvalue weighted by molar-refractivity contribution is -0.134. The number of hydrogen-bond donors (Lipinski definition) is 1. The Balaban J connectivity index is 2.47. The lowest BCUT2D eigenvalue weighted by Crippen LogP contribution is -2.37. The highest BCUT2D eigenvalue weighted by Crippen LogP contribution is 2.10. The summed E-state index contributed by atoms with van der Waals surface area (Å²) in [5.41, 5.74) is 5.00. The smallest absolute Gasteiger partial charge is 0.237 e. The van der Waals surface area contributed by atoms with Crippen LogP contribution in [0.4, 0.5) is 0 Å². The molecule has 0 aromatic carbocycles. The molecule has 0 unspecified atom stereocenters. The molecule has 0 radical (unpaired) electrons. The number of rotatable bonds is 2. The molecule has 1 aliphatic rings. The maximum atomic E-state index is 11.3. The van der Waals surface area contributed by atoms with Gasteiger partial charge in [-0.3, -0.25) is 9.59 Å². The Hall–Kier alpha value is -1.06. The van der Waals surface area contributed by atoms with Crippen molar-refractivity contribution in [3.05, 3.63) is 0 Å². The maximum Gasteiger partial charge on any atom is 0.237 e. The Bertz CT molecular complexity index is 191. The van der Waals surface area contributed by atoms with E-state index in [9.17, 15) is 9.59 Å². The van der Waals surface area contributed by atoms with Gasteiger partial charge in [-0.05, 0) is 12.8 Å². The molecule has 2 N–H and O–H groups in total. The van der Waals surface area contributed by atoms with Gasteiger partial charge in [0.15, 0.2) is 0 Å². The fourth-order valence-corrected chi connectivity index (χ4v) is 1.39. The molecular weight excluding hydrogens is 156 g/mol. The quantitative estimate of drug-likeness (QED) is 0.627. The monoisotopic (exact) mass is 170 g/mol. The minimum absolute atomic E-state index is 0.0614. The number of nitrogens with two attached hydrogens (primary N) is 1. The average molecular weight is 170 g/mol. The van der Waals surface area contributed by atoms with Crippen LogP contribution in [0.2, 0.25) is 0 Å². The number of primary amides is 1. The summed E-state index contributed by atoms with van der Waals surface area (Å²) in [6.45, 7) is 0.764. The number of carbonyl (C=O) groups is 2. The molecule has 2 amide bonds. The Morgan fingerprint density at radius 2 is 2.17 bits per heavy atom. The van der Waals surface area contributed by atoms with Gasteiger partial charge in [0.25, 0.3) is 0 Å². The van der Waals surface area contributed by atoms with Gasteiger partial charge < -0.3 is 10.6 Å². The predicted molar refractivity (Wildman–Crippen MR) is 44.2 cm³/mol. The fraction of sp³-hybridized carbons (Fsp3) is 0.750. The van der Waals surface area contributed by atoms with Crippen molar-refractivity contribution in [1.82, 2.24) is 4.90 Å². The van der Waals surface area contributed by atoms with Gasteiger partial charge in [0.2, 0.25) is 11.8 Å². The molecule has 1 fully saturated rings. The van der Waals surface area contributed by atoms with Gasteiger partial charge in [0, 0.05) is 13.0 Å². The molecule has 1 saturated heterocycles. The van der Waals surface area contributed by atoms with Crippen molar-refractivity contribution in [2.75, 3.05) is 13.1 Å². The summed E-state index contributed by atoms with van der Waals surface area (Å²) in [5.74, 6) is -0.364. The highest BCUT2D eigenvalue weighted by Gasteiger charge is 2.17. The van der Waals surface area contributed by atoms with E-state index >= 15 is 0 Å². The van der Waals surface area contributed by atoms with Crippen LogP contribution in [0.15, 0.2) is 0 Å². The summed E-state index contributed by atoms with van der Waals surface area (Å²) in [6, 6.07) is 0. The van der Waals surface area contributed by atoms with Gasteiger partial charge in [-0.25, -0.2) is 0 Å². The van der Waals surface area contributed by atoms with Crippen LogP contribution in [0, 0.1) is 0 Å². The standard InChI is InChI=1S/C8H14N2O2/c9-7(11)6-10-5-3-1-2-4-8(10)12/h1-6H2,(H2,9,11). The molecule has 0 aliphatic carbocycles. The van der Waals surface area contributed by atoms with Gasteiger partial charge in [-0.1, -0.05) is 6.42 Å². The lowest BCUT2D eigenvalue weighted by atomic mass is 10.2. The molecule has 68 valence electrons. The highest BCUT2D eigenvalue weighted by molar-refractivity contribution is 5.83. The normalized spacial score (nSPS) is 19.0. The van der Waals surface area contributed by atoms with Crippen LogP contribution in [0.5, 0.6) is 0 Å². The van der Waals surface area contributed by atoms with E-state index in [1.165, 1.54) is 0 Å². The molecule has 1 rings (SSSR count). The summed E-state index contributed by atoms with van der Waals surface area (Å²) < 4.78 is 0. The summed E-state index contributed by atoms with van der Waals surface area (Å²) in [7, 11) is 0. The summed E-state index contributed by atoms with van der Waals surface area (Å²) in [5, 5.41) is 0. The topological polar surface area (TPSA) is 63.4 Å². The third-order valence-electron chi connectivity index (χ3n) is 2.02. The van der Waals surface area contributed by atoms with Crippen LogP contribution in [0.3, 0.4) is 0 Å². The molecule has 4 heteroatoms. The first-order valence-corrected chi connectivity index (χ1v) is 4.26. The zero-order chi connectivity index (χ0) is 8.97. The maximum absolute atomic E-state index is 11.3. The predicted octanol–water partition coefficient (Wildman–Crippen LogP) is -0.126. The van der Waals surface area contributed by atoms with Gasteiger partial charge >= 0.3 is 0 Å². The van der Waals surface area contributed by atoms with E-state index in [1.54, 1.807) is 4.90 Å². The Morgan fingerprint density at radius 3 is 2.83 bits per heavy atom. The van der Waals surface area contributed by atoms with E-state index in [1.807, 2.05) is 0 Å².